The number of carbonyl (C=O) groups excluding carboxylic acids is 1. The van der Waals surface area contributed by atoms with Crippen LogP contribution >= 0.6 is 0 Å². The Hall–Kier alpha value is -1.87. The van der Waals surface area contributed by atoms with Crippen molar-refractivity contribution in [2.75, 3.05) is 6.54 Å². The lowest BCUT2D eigenvalue weighted by molar-refractivity contribution is 0.0871. The minimum absolute atomic E-state index is 0.00913. The molecular formula is C19H25NO2. The smallest absolute Gasteiger partial charge is 0.199 e. The van der Waals surface area contributed by atoms with Gasteiger partial charge in [0.2, 0.25) is 0 Å². The Morgan fingerprint density at radius 2 is 1.77 bits per heavy atom. The van der Waals surface area contributed by atoms with E-state index in [1.165, 1.54) is 5.56 Å². The van der Waals surface area contributed by atoms with Crippen LogP contribution in [0.25, 0.3) is 0 Å². The molecule has 0 amide bonds. The Morgan fingerprint density at radius 1 is 1.09 bits per heavy atom. The zero-order chi connectivity index (χ0) is 16.2. The Balaban J connectivity index is 2.00. The van der Waals surface area contributed by atoms with Gasteiger partial charge in [-0.2, -0.15) is 0 Å². The summed E-state index contributed by atoms with van der Waals surface area (Å²) >= 11 is 0. The van der Waals surface area contributed by atoms with Gasteiger partial charge in [-0.25, -0.2) is 0 Å². The average Bonchev–Trinajstić information content (AvgIpc) is 2.89. The summed E-state index contributed by atoms with van der Waals surface area (Å²) in [7, 11) is 0. The third-order valence-electron chi connectivity index (χ3n) is 3.79. The standard InChI is InChI=1S/C19H25NO2/c1-15-10-11-18(22-15)17(21)12-13-20(19(2,3)4)14-16-8-6-5-7-9-16/h5-11H,12-14H2,1-4H3. The van der Waals surface area contributed by atoms with Crippen LogP contribution in [0.2, 0.25) is 0 Å². The highest BCUT2D eigenvalue weighted by Crippen LogP contribution is 2.19. The lowest BCUT2D eigenvalue weighted by atomic mass is 10.0. The van der Waals surface area contributed by atoms with Gasteiger partial charge in [-0.3, -0.25) is 9.69 Å². The van der Waals surface area contributed by atoms with Crippen molar-refractivity contribution in [1.82, 2.24) is 4.90 Å². The first-order valence-electron chi connectivity index (χ1n) is 7.75. The second kappa shape index (κ2) is 6.93. The highest BCUT2D eigenvalue weighted by molar-refractivity contribution is 5.93. The van der Waals surface area contributed by atoms with Gasteiger partial charge in [-0.15, -0.1) is 0 Å². The Morgan fingerprint density at radius 3 is 2.32 bits per heavy atom. The first kappa shape index (κ1) is 16.5. The molecule has 0 aliphatic carbocycles. The lowest BCUT2D eigenvalue weighted by Crippen LogP contribution is -2.42. The molecule has 1 aromatic carbocycles. The predicted molar refractivity (Wildman–Crippen MR) is 89.0 cm³/mol. The fourth-order valence-electron chi connectivity index (χ4n) is 2.40. The van der Waals surface area contributed by atoms with Crippen LogP contribution in [0, 0.1) is 6.92 Å². The molecule has 1 aromatic heterocycles. The van der Waals surface area contributed by atoms with Gasteiger partial charge in [0.1, 0.15) is 5.76 Å². The number of aryl methyl sites for hydroxylation is 1. The molecule has 2 aromatic rings. The molecule has 2 rings (SSSR count). The number of ketones is 1. The molecule has 118 valence electrons. The van der Waals surface area contributed by atoms with E-state index in [4.69, 9.17) is 4.42 Å². The van der Waals surface area contributed by atoms with Gasteiger partial charge in [0.05, 0.1) is 0 Å². The van der Waals surface area contributed by atoms with Gasteiger partial charge in [0.15, 0.2) is 11.5 Å². The summed E-state index contributed by atoms with van der Waals surface area (Å²) in [6, 6.07) is 14.0. The van der Waals surface area contributed by atoms with Crippen molar-refractivity contribution in [3.63, 3.8) is 0 Å². The summed E-state index contributed by atoms with van der Waals surface area (Å²) in [5.41, 5.74) is 1.27. The maximum atomic E-state index is 12.2. The summed E-state index contributed by atoms with van der Waals surface area (Å²) in [5, 5.41) is 0. The number of hydrogen-bond donors (Lipinski definition) is 0. The molecule has 0 aliphatic rings. The molecule has 0 spiro atoms. The van der Waals surface area contributed by atoms with Gasteiger partial charge in [0.25, 0.3) is 0 Å². The molecule has 3 nitrogen and oxygen atoms in total. The van der Waals surface area contributed by atoms with Gasteiger partial charge in [-0.1, -0.05) is 30.3 Å². The van der Waals surface area contributed by atoms with Gasteiger partial charge in [0, 0.05) is 25.0 Å². The SMILES string of the molecule is Cc1ccc(C(=O)CCN(Cc2ccccc2)C(C)(C)C)o1. The van der Waals surface area contributed by atoms with Gasteiger partial charge in [-0.05, 0) is 45.4 Å². The number of benzene rings is 1. The molecule has 1 heterocycles. The molecule has 0 fully saturated rings. The third-order valence-corrected chi connectivity index (χ3v) is 3.79. The van der Waals surface area contributed by atoms with Crippen LogP contribution in [0.4, 0.5) is 0 Å². The number of Topliss-reactive ketones (excluding diaryl/α,β-unsaturated/α-hetero) is 1. The molecule has 0 radical (unpaired) electrons. The summed E-state index contributed by atoms with van der Waals surface area (Å²) in [5.74, 6) is 1.31. The van der Waals surface area contributed by atoms with E-state index in [1.54, 1.807) is 6.07 Å². The molecule has 0 bridgehead atoms. The van der Waals surface area contributed by atoms with Crippen LogP contribution in [-0.2, 0) is 6.54 Å². The van der Waals surface area contributed by atoms with E-state index in [-0.39, 0.29) is 11.3 Å². The van der Waals surface area contributed by atoms with Crippen molar-refractivity contribution in [1.29, 1.82) is 0 Å². The van der Waals surface area contributed by atoms with E-state index in [0.717, 1.165) is 18.8 Å². The van der Waals surface area contributed by atoms with Gasteiger partial charge < -0.3 is 4.42 Å². The van der Waals surface area contributed by atoms with E-state index in [2.05, 4.69) is 37.8 Å². The minimum atomic E-state index is 0.00913. The van der Waals surface area contributed by atoms with E-state index < -0.39 is 0 Å². The molecule has 22 heavy (non-hydrogen) atoms. The van der Waals surface area contributed by atoms with Crippen LogP contribution in [0.3, 0.4) is 0 Å². The van der Waals surface area contributed by atoms with Crippen LogP contribution in [-0.4, -0.2) is 22.8 Å². The van der Waals surface area contributed by atoms with Crippen molar-refractivity contribution >= 4 is 5.78 Å². The fourth-order valence-corrected chi connectivity index (χ4v) is 2.40. The van der Waals surface area contributed by atoms with E-state index in [1.807, 2.05) is 31.2 Å². The summed E-state index contributed by atoms with van der Waals surface area (Å²) in [4.78, 5) is 14.6. The summed E-state index contributed by atoms with van der Waals surface area (Å²) < 4.78 is 5.41. The zero-order valence-corrected chi connectivity index (χ0v) is 13.9. The second-order valence-electron chi connectivity index (χ2n) is 6.66. The monoisotopic (exact) mass is 299 g/mol. The summed E-state index contributed by atoms with van der Waals surface area (Å²) in [6.07, 6.45) is 0.469. The highest BCUT2D eigenvalue weighted by Gasteiger charge is 2.22. The number of carbonyl (C=O) groups is 1. The predicted octanol–water partition coefficient (Wildman–Crippen LogP) is 4.46. The maximum absolute atomic E-state index is 12.2. The number of rotatable bonds is 6. The van der Waals surface area contributed by atoms with E-state index >= 15 is 0 Å². The van der Waals surface area contributed by atoms with Crippen LogP contribution in [0.5, 0.6) is 0 Å². The number of hydrogen-bond acceptors (Lipinski definition) is 3. The largest absolute Gasteiger partial charge is 0.458 e. The minimum Gasteiger partial charge on any atom is -0.458 e. The van der Waals surface area contributed by atoms with Crippen LogP contribution in [0.1, 0.15) is 49.1 Å². The number of furan rings is 1. The van der Waals surface area contributed by atoms with Crippen molar-refractivity contribution in [3.8, 4) is 0 Å². The maximum Gasteiger partial charge on any atom is 0.199 e. The molecule has 0 N–H and O–H groups in total. The van der Waals surface area contributed by atoms with Gasteiger partial charge >= 0.3 is 0 Å². The molecule has 0 aliphatic heterocycles. The Labute approximate surface area is 132 Å². The zero-order valence-electron chi connectivity index (χ0n) is 13.9. The van der Waals surface area contributed by atoms with E-state index in [9.17, 15) is 4.79 Å². The molecule has 0 saturated heterocycles. The normalized spacial score (nSPS) is 11.9. The molecule has 0 saturated carbocycles. The van der Waals surface area contributed by atoms with Crippen molar-refractivity contribution < 1.29 is 9.21 Å². The van der Waals surface area contributed by atoms with Crippen molar-refractivity contribution in [2.45, 2.75) is 46.2 Å². The van der Waals surface area contributed by atoms with E-state index in [0.29, 0.717) is 12.2 Å². The topological polar surface area (TPSA) is 33.5 Å². The lowest BCUT2D eigenvalue weighted by Gasteiger charge is -2.35. The molecule has 0 unspecified atom stereocenters. The van der Waals surface area contributed by atoms with Crippen LogP contribution in [0.15, 0.2) is 46.9 Å². The Bertz CT molecular complexity index is 608. The molecule has 0 atom stereocenters. The highest BCUT2D eigenvalue weighted by atomic mass is 16.3. The average molecular weight is 299 g/mol. The Kier molecular flexibility index (Phi) is 5.19. The summed E-state index contributed by atoms with van der Waals surface area (Å²) in [6.45, 7) is 9.95. The first-order valence-corrected chi connectivity index (χ1v) is 7.75. The molecular weight excluding hydrogens is 274 g/mol. The number of nitrogens with zero attached hydrogens (tertiary/aromatic N) is 1. The third kappa shape index (κ3) is 4.57. The van der Waals surface area contributed by atoms with Crippen molar-refractivity contribution in [2.24, 2.45) is 0 Å². The van der Waals surface area contributed by atoms with Crippen LogP contribution < -0.4 is 0 Å². The molecule has 3 heteroatoms. The quantitative estimate of drug-likeness (QED) is 0.738. The van der Waals surface area contributed by atoms with Crippen molar-refractivity contribution in [3.05, 3.63) is 59.5 Å². The second-order valence-corrected chi connectivity index (χ2v) is 6.66. The first-order chi connectivity index (χ1) is 10.4. The fraction of sp³-hybridized carbons (Fsp3) is 0.421.